The van der Waals surface area contributed by atoms with Crippen molar-refractivity contribution in [2.24, 2.45) is 5.92 Å². The molecule has 2 fully saturated rings. The van der Waals surface area contributed by atoms with Gasteiger partial charge in [-0.3, -0.25) is 0 Å². The van der Waals surface area contributed by atoms with E-state index in [1.165, 1.54) is 44.9 Å². The van der Waals surface area contributed by atoms with Gasteiger partial charge in [0.15, 0.2) is 0 Å². The molecule has 1 heterocycles. The maximum absolute atomic E-state index is 3.85. The summed E-state index contributed by atoms with van der Waals surface area (Å²) in [5, 5.41) is 3.85. The Labute approximate surface area is 104 Å². The van der Waals surface area contributed by atoms with E-state index >= 15 is 0 Å². The summed E-state index contributed by atoms with van der Waals surface area (Å²) in [6.45, 7) is 0. The molecule has 90 valence electrons. The normalized spacial score (nSPS) is 39.5. The first-order valence-electron chi connectivity index (χ1n) is 7.29. The van der Waals surface area contributed by atoms with Gasteiger partial charge in [0.05, 0.1) is 0 Å². The van der Waals surface area contributed by atoms with Crippen LogP contribution < -0.4 is 5.32 Å². The Morgan fingerprint density at radius 1 is 1.06 bits per heavy atom. The van der Waals surface area contributed by atoms with Crippen LogP contribution >= 0.6 is 0 Å². The molecule has 0 amide bonds. The van der Waals surface area contributed by atoms with Gasteiger partial charge in [-0.2, -0.15) is 0 Å². The first-order valence-corrected chi connectivity index (χ1v) is 7.29. The Hall–Kier alpha value is -0.820. The molecule has 3 atom stereocenters. The van der Waals surface area contributed by atoms with Crippen LogP contribution in [0.15, 0.2) is 34.9 Å². The third kappa shape index (κ3) is 1.48. The lowest BCUT2D eigenvalue weighted by atomic mass is 9.72. The van der Waals surface area contributed by atoms with Crippen molar-refractivity contribution in [1.29, 1.82) is 0 Å². The lowest BCUT2D eigenvalue weighted by molar-refractivity contribution is 0.369. The number of rotatable bonds is 0. The fourth-order valence-electron chi connectivity index (χ4n) is 4.35. The fraction of sp³-hybridized carbons (Fsp3) is 0.625. The average molecular weight is 227 g/mol. The lowest BCUT2D eigenvalue weighted by Crippen LogP contribution is -2.33. The Kier molecular flexibility index (Phi) is 2.29. The van der Waals surface area contributed by atoms with Crippen LogP contribution in [-0.2, 0) is 0 Å². The Morgan fingerprint density at radius 3 is 3.06 bits per heavy atom. The van der Waals surface area contributed by atoms with E-state index in [0.29, 0.717) is 12.1 Å². The van der Waals surface area contributed by atoms with E-state index in [0.717, 1.165) is 5.92 Å². The molecule has 0 bridgehead atoms. The minimum absolute atomic E-state index is 0.633. The molecule has 1 nitrogen and oxygen atoms in total. The van der Waals surface area contributed by atoms with Crippen molar-refractivity contribution in [2.75, 3.05) is 0 Å². The van der Waals surface area contributed by atoms with Crippen molar-refractivity contribution >= 4 is 0 Å². The van der Waals surface area contributed by atoms with Crippen molar-refractivity contribution in [1.82, 2.24) is 5.32 Å². The van der Waals surface area contributed by atoms with Crippen LogP contribution in [0.4, 0.5) is 0 Å². The molecule has 4 aliphatic rings. The van der Waals surface area contributed by atoms with Crippen LogP contribution in [0.25, 0.3) is 0 Å². The van der Waals surface area contributed by atoms with Crippen molar-refractivity contribution in [2.45, 2.75) is 57.0 Å². The smallest absolute Gasteiger partial charge is 0.0363 e. The van der Waals surface area contributed by atoms with Gasteiger partial charge in [0, 0.05) is 12.1 Å². The highest BCUT2D eigenvalue weighted by atomic mass is 15.0. The average Bonchev–Trinajstić information content (AvgIpc) is 2.77. The van der Waals surface area contributed by atoms with Crippen LogP contribution in [-0.4, -0.2) is 12.1 Å². The summed E-state index contributed by atoms with van der Waals surface area (Å²) in [5.41, 5.74) is 5.22. The second kappa shape index (κ2) is 3.84. The zero-order valence-electron chi connectivity index (χ0n) is 10.4. The Morgan fingerprint density at radius 2 is 2.06 bits per heavy atom. The number of hydrogen-bond donors (Lipinski definition) is 1. The first kappa shape index (κ1) is 10.1. The standard InChI is InChI=1S/C16H21N/c1-2-6-12-11(5-1)9-10-15-16(12)13-7-3-4-8-14(13)17-15/h3-4,7,11,14-15,17H,1-2,5-6,8-10H2. The number of allylic oxidation sites excluding steroid dienone is 3. The molecule has 3 aliphatic carbocycles. The van der Waals surface area contributed by atoms with Crippen molar-refractivity contribution in [3.63, 3.8) is 0 Å². The molecule has 0 aromatic carbocycles. The van der Waals surface area contributed by atoms with Crippen molar-refractivity contribution in [3.05, 3.63) is 34.9 Å². The molecule has 3 unspecified atom stereocenters. The highest BCUT2D eigenvalue weighted by Crippen LogP contribution is 2.46. The van der Waals surface area contributed by atoms with Gasteiger partial charge < -0.3 is 5.32 Å². The lowest BCUT2D eigenvalue weighted by Gasteiger charge is -2.34. The first-order chi connectivity index (χ1) is 8.43. The zero-order valence-corrected chi connectivity index (χ0v) is 10.4. The molecule has 1 aliphatic heterocycles. The molecule has 0 radical (unpaired) electrons. The molecule has 4 rings (SSSR count). The molecule has 0 spiro atoms. The summed E-state index contributed by atoms with van der Waals surface area (Å²) in [6, 6.07) is 1.32. The van der Waals surface area contributed by atoms with Crippen molar-refractivity contribution < 1.29 is 0 Å². The van der Waals surface area contributed by atoms with E-state index < -0.39 is 0 Å². The largest absolute Gasteiger partial charge is 0.303 e. The number of nitrogens with one attached hydrogen (secondary N) is 1. The van der Waals surface area contributed by atoms with E-state index in [4.69, 9.17) is 0 Å². The predicted octanol–water partition coefficient (Wildman–Crippen LogP) is 3.49. The SMILES string of the molecule is C1=CCC2NC3CCC4CCCCC4=C3C2=C1. The third-order valence-electron chi connectivity index (χ3n) is 5.11. The molecular weight excluding hydrogens is 206 g/mol. The molecule has 0 aromatic heterocycles. The summed E-state index contributed by atoms with van der Waals surface area (Å²) >= 11 is 0. The molecule has 1 N–H and O–H groups in total. The van der Waals surface area contributed by atoms with Gasteiger partial charge in [0.2, 0.25) is 0 Å². The van der Waals surface area contributed by atoms with Crippen LogP contribution in [0.5, 0.6) is 0 Å². The van der Waals surface area contributed by atoms with Crippen LogP contribution in [0.1, 0.15) is 44.9 Å². The monoisotopic (exact) mass is 227 g/mol. The van der Waals surface area contributed by atoms with E-state index in [1.807, 2.05) is 5.57 Å². The highest BCUT2D eigenvalue weighted by molar-refractivity contribution is 5.52. The molecular formula is C16H21N. The molecule has 17 heavy (non-hydrogen) atoms. The summed E-state index contributed by atoms with van der Waals surface area (Å²) in [4.78, 5) is 0. The minimum atomic E-state index is 0.633. The summed E-state index contributed by atoms with van der Waals surface area (Å²) in [7, 11) is 0. The third-order valence-corrected chi connectivity index (χ3v) is 5.11. The Balaban J connectivity index is 1.81. The van der Waals surface area contributed by atoms with E-state index in [2.05, 4.69) is 23.5 Å². The molecule has 1 saturated heterocycles. The van der Waals surface area contributed by atoms with Gasteiger partial charge in [-0.1, -0.05) is 30.2 Å². The fourth-order valence-corrected chi connectivity index (χ4v) is 4.35. The van der Waals surface area contributed by atoms with E-state index in [9.17, 15) is 0 Å². The highest BCUT2D eigenvalue weighted by Gasteiger charge is 2.40. The van der Waals surface area contributed by atoms with Crippen LogP contribution in [0, 0.1) is 5.92 Å². The summed E-state index contributed by atoms with van der Waals surface area (Å²) < 4.78 is 0. The molecule has 0 aromatic rings. The maximum atomic E-state index is 3.85. The zero-order chi connectivity index (χ0) is 11.2. The minimum Gasteiger partial charge on any atom is -0.303 e. The second-order valence-electron chi connectivity index (χ2n) is 6.02. The van der Waals surface area contributed by atoms with Gasteiger partial charge >= 0.3 is 0 Å². The predicted molar refractivity (Wildman–Crippen MR) is 70.8 cm³/mol. The number of hydrogen-bond acceptors (Lipinski definition) is 1. The summed E-state index contributed by atoms with van der Waals surface area (Å²) in [6.07, 6.45) is 16.7. The summed E-state index contributed by atoms with van der Waals surface area (Å²) in [5.74, 6) is 0.933. The molecule has 1 heteroatoms. The van der Waals surface area contributed by atoms with E-state index in [-0.39, 0.29) is 0 Å². The van der Waals surface area contributed by atoms with Crippen LogP contribution in [0.2, 0.25) is 0 Å². The maximum Gasteiger partial charge on any atom is 0.0363 e. The van der Waals surface area contributed by atoms with Gasteiger partial charge in [0.1, 0.15) is 0 Å². The Bertz CT molecular complexity index is 427. The van der Waals surface area contributed by atoms with E-state index in [1.54, 1.807) is 11.1 Å². The quantitative estimate of drug-likeness (QED) is 0.668. The molecule has 1 saturated carbocycles. The van der Waals surface area contributed by atoms with Gasteiger partial charge in [0.25, 0.3) is 0 Å². The van der Waals surface area contributed by atoms with Crippen molar-refractivity contribution in [3.8, 4) is 0 Å². The van der Waals surface area contributed by atoms with Gasteiger partial charge in [-0.25, -0.2) is 0 Å². The van der Waals surface area contributed by atoms with Gasteiger partial charge in [-0.05, 0) is 55.6 Å². The second-order valence-corrected chi connectivity index (χ2v) is 6.02. The van der Waals surface area contributed by atoms with Crippen LogP contribution in [0.3, 0.4) is 0 Å². The number of fused-ring (bicyclic) bond motifs is 4. The topological polar surface area (TPSA) is 12.0 Å². The van der Waals surface area contributed by atoms with Gasteiger partial charge in [-0.15, -0.1) is 0 Å².